The van der Waals surface area contributed by atoms with Crippen molar-refractivity contribution < 1.29 is 4.79 Å². The highest BCUT2D eigenvalue weighted by molar-refractivity contribution is 6.09. The molecule has 2 aliphatic heterocycles. The molecule has 2 aliphatic rings. The normalized spacial score (nSPS) is 23.3. The number of likely N-dealkylation sites (tertiary alicyclic amines) is 1. The highest BCUT2D eigenvalue weighted by atomic mass is 16.2. The van der Waals surface area contributed by atoms with Gasteiger partial charge in [-0.3, -0.25) is 4.79 Å². The Labute approximate surface area is 178 Å². The minimum atomic E-state index is -0.591. The zero-order valence-electron chi connectivity index (χ0n) is 17.3. The highest BCUT2D eigenvalue weighted by Crippen LogP contribution is 2.50. The number of carbonyl (C=O) groups is 1. The van der Waals surface area contributed by atoms with Crippen molar-refractivity contribution in [2.45, 2.75) is 24.7 Å². The molecule has 2 unspecified atom stereocenters. The number of aryl methyl sites for hydroxylation is 1. The van der Waals surface area contributed by atoms with Crippen molar-refractivity contribution in [1.29, 1.82) is 0 Å². The molecule has 3 aromatic carbocycles. The summed E-state index contributed by atoms with van der Waals surface area (Å²) < 4.78 is 0. The maximum absolute atomic E-state index is 13.5. The molecule has 152 valence electrons. The zero-order valence-corrected chi connectivity index (χ0v) is 17.3. The van der Waals surface area contributed by atoms with Crippen molar-refractivity contribution in [3.8, 4) is 0 Å². The van der Waals surface area contributed by atoms with E-state index < -0.39 is 5.41 Å². The molecule has 3 aromatic rings. The summed E-state index contributed by atoms with van der Waals surface area (Å²) >= 11 is 0. The number of rotatable bonds is 6. The van der Waals surface area contributed by atoms with Crippen LogP contribution in [0.3, 0.4) is 0 Å². The number of amides is 1. The van der Waals surface area contributed by atoms with Crippen LogP contribution in [0.2, 0.25) is 0 Å². The molecule has 2 heterocycles. The minimum absolute atomic E-state index is 0.131. The SMILES string of the molecule is O=C1Nc2ccccc2C1(c1ccccc1)C1CCN(CCCc2ccccc2)C1. The van der Waals surface area contributed by atoms with Gasteiger partial charge in [0, 0.05) is 12.2 Å². The first-order chi connectivity index (χ1) is 14.8. The molecule has 5 rings (SSSR count). The van der Waals surface area contributed by atoms with E-state index in [0.717, 1.165) is 55.7 Å². The van der Waals surface area contributed by atoms with Gasteiger partial charge in [0.1, 0.15) is 5.41 Å². The maximum Gasteiger partial charge on any atom is 0.239 e. The molecule has 1 saturated heterocycles. The third-order valence-corrected chi connectivity index (χ3v) is 6.85. The quantitative estimate of drug-likeness (QED) is 0.644. The largest absolute Gasteiger partial charge is 0.325 e. The molecule has 2 atom stereocenters. The number of hydrogen-bond donors (Lipinski definition) is 1. The number of carbonyl (C=O) groups excluding carboxylic acids is 1. The van der Waals surface area contributed by atoms with Crippen molar-refractivity contribution >= 4 is 11.6 Å². The Bertz CT molecular complexity index is 1020. The smallest absolute Gasteiger partial charge is 0.239 e. The first-order valence-electron chi connectivity index (χ1n) is 11.0. The fraction of sp³-hybridized carbons (Fsp3) is 0.296. The predicted octanol–water partition coefficient (Wildman–Crippen LogP) is 4.88. The molecule has 30 heavy (non-hydrogen) atoms. The average Bonchev–Trinajstić information content (AvgIpc) is 3.37. The van der Waals surface area contributed by atoms with Crippen LogP contribution in [0.25, 0.3) is 0 Å². The molecule has 0 radical (unpaired) electrons. The van der Waals surface area contributed by atoms with Crippen molar-refractivity contribution in [2.75, 3.05) is 25.0 Å². The Kier molecular flexibility index (Phi) is 5.14. The molecule has 3 heteroatoms. The molecule has 0 bridgehead atoms. The molecule has 1 fully saturated rings. The van der Waals surface area contributed by atoms with Gasteiger partial charge in [-0.2, -0.15) is 0 Å². The molecule has 0 spiro atoms. The van der Waals surface area contributed by atoms with Crippen LogP contribution in [0.15, 0.2) is 84.9 Å². The van der Waals surface area contributed by atoms with Crippen LogP contribution in [0.5, 0.6) is 0 Å². The summed E-state index contributed by atoms with van der Waals surface area (Å²) in [5.74, 6) is 0.409. The molecular formula is C27H28N2O. The topological polar surface area (TPSA) is 32.3 Å². The van der Waals surface area contributed by atoms with E-state index >= 15 is 0 Å². The third-order valence-electron chi connectivity index (χ3n) is 6.85. The summed E-state index contributed by atoms with van der Waals surface area (Å²) in [4.78, 5) is 16.1. The Morgan fingerprint density at radius 3 is 2.40 bits per heavy atom. The monoisotopic (exact) mass is 396 g/mol. The maximum atomic E-state index is 13.5. The first-order valence-corrected chi connectivity index (χ1v) is 11.0. The number of fused-ring (bicyclic) bond motifs is 1. The van der Waals surface area contributed by atoms with Crippen LogP contribution in [-0.2, 0) is 16.6 Å². The second kappa shape index (κ2) is 8.08. The van der Waals surface area contributed by atoms with Crippen molar-refractivity contribution in [2.24, 2.45) is 5.92 Å². The standard InChI is InChI=1S/C27H28N2O/c30-26-27(22-13-5-2-6-14-22,24-15-7-8-16-25(24)28-26)23-17-19-29(20-23)18-9-12-21-10-3-1-4-11-21/h1-8,10-11,13-16,23H,9,12,17-20H2,(H,28,30). The molecule has 3 nitrogen and oxygen atoms in total. The lowest BCUT2D eigenvalue weighted by atomic mass is 9.66. The van der Waals surface area contributed by atoms with Gasteiger partial charge in [-0.1, -0.05) is 78.9 Å². The first kappa shape index (κ1) is 19.1. The Balaban J connectivity index is 1.38. The van der Waals surface area contributed by atoms with Crippen molar-refractivity contribution in [3.05, 3.63) is 102 Å². The zero-order chi connectivity index (χ0) is 20.4. The number of benzene rings is 3. The molecule has 0 aliphatic carbocycles. The van der Waals surface area contributed by atoms with Crippen LogP contribution >= 0.6 is 0 Å². The van der Waals surface area contributed by atoms with Gasteiger partial charge in [0.15, 0.2) is 0 Å². The summed E-state index contributed by atoms with van der Waals surface area (Å²) in [5.41, 5.74) is 4.03. The van der Waals surface area contributed by atoms with E-state index in [9.17, 15) is 4.79 Å². The average molecular weight is 397 g/mol. The van der Waals surface area contributed by atoms with E-state index in [-0.39, 0.29) is 11.8 Å². The molecule has 1 amide bonds. The van der Waals surface area contributed by atoms with Gasteiger partial charge >= 0.3 is 0 Å². The van der Waals surface area contributed by atoms with E-state index in [1.165, 1.54) is 5.56 Å². The Hall–Kier alpha value is -2.91. The van der Waals surface area contributed by atoms with Crippen LogP contribution in [0.1, 0.15) is 29.5 Å². The number of hydrogen-bond acceptors (Lipinski definition) is 2. The van der Waals surface area contributed by atoms with E-state index in [1.54, 1.807) is 0 Å². The lowest BCUT2D eigenvalue weighted by Crippen LogP contribution is -2.44. The molecular weight excluding hydrogens is 368 g/mol. The summed E-state index contributed by atoms with van der Waals surface area (Å²) in [5, 5.41) is 3.19. The molecule has 0 saturated carbocycles. The fourth-order valence-corrected chi connectivity index (χ4v) is 5.45. The van der Waals surface area contributed by atoms with Gasteiger partial charge in [0.2, 0.25) is 5.91 Å². The Morgan fingerprint density at radius 2 is 1.60 bits per heavy atom. The van der Waals surface area contributed by atoms with Gasteiger partial charge in [-0.05, 0) is 61.0 Å². The van der Waals surface area contributed by atoms with E-state index in [0.29, 0.717) is 0 Å². The summed E-state index contributed by atoms with van der Waals surface area (Å²) in [6, 6.07) is 29.3. The third kappa shape index (κ3) is 3.23. The number of para-hydroxylation sites is 1. The highest BCUT2D eigenvalue weighted by Gasteiger charge is 2.54. The van der Waals surface area contributed by atoms with Gasteiger partial charge in [-0.15, -0.1) is 0 Å². The van der Waals surface area contributed by atoms with Crippen LogP contribution < -0.4 is 5.32 Å². The second-order valence-corrected chi connectivity index (χ2v) is 8.55. The van der Waals surface area contributed by atoms with Crippen LogP contribution in [0, 0.1) is 5.92 Å². The van der Waals surface area contributed by atoms with E-state index in [4.69, 9.17) is 0 Å². The second-order valence-electron chi connectivity index (χ2n) is 8.55. The van der Waals surface area contributed by atoms with Gasteiger partial charge in [0.05, 0.1) is 0 Å². The van der Waals surface area contributed by atoms with Crippen molar-refractivity contribution in [1.82, 2.24) is 4.90 Å². The minimum Gasteiger partial charge on any atom is -0.325 e. The van der Waals surface area contributed by atoms with Gasteiger partial charge in [-0.25, -0.2) is 0 Å². The number of nitrogens with one attached hydrogen (secondary N) is 1. The fourth-order valence-electron chi connectivity index (χ4n) is 5.45. The van der Waals surface area contributed by atoms with E-state index in [1.807, 2.05) is 18.2 Å². The predicted molar refractivity (Wildman–Crippen MR) is 122 cm³/mol. The summed E-state index contributed by atoms with van der Waals surface area (Å²) in [6.45, 7) is 3.11. The lowest BCUT2D eigenvalue weighted by molar-refractivity contribution is -0.121. The molecule has 0 aromatic heterocycles. The lowest BCUT2D eigenvalue weighted by Gasteiger charge is -2.34. The van der Waals surface area contributed by atoms with Crippen LogP contribution in [0.4, 0.5) is 5.69 Å². The summed E-state index contributed by atoms with van der Waals surface area (Å²) in [6.07, 6.45) is 3.30. The van der Waals surface area contributed by atoms with Crippen molar-refractivity contribution in [3.63, 3.8) is 0 Å². The van der Waals surface area contributed by atoms with E-state index in [2.05, 4.69) is 76.9 Å². The number of nitrogens with zero attached hydrogens (tertiary/aromatic N) is 1. The Morgan fingerprint density at radius 1 is 0.900 bits per heavy atom. The van der Waals surface area contributed by atoms with Crippen LogP contribution in [-0.4, -0.2) is 30.4 Å². The summed E-state index contributed by atoms with van der Waals surface area (Å²) in [7, 11) is 0. The van der Waals surface area contributed by atoms with Gasteiger partial charge < -0.3 is 10.2 Å². The number of anilines is 1. The van der Waals surface area contributed by atoms with Gasteiger partial charge in [0.25, 0.3) is 0 Å². The molecule has 1 N–H and O–H groups in total.